The van der Waals surface area contributed by atoms with Gasteiger partial charge in [-0.25, -0.2) is 4.98 Å². The molecule has 0 spiro atoms. The molecule has 0 atom stereocenters. The molecule has 3 heteroatoms. The first-order chi connectivity index (χ1) is 6.74. The van der Waals surface area contributed by atoms with Gasteiger partial charge in [0.25, 0.3) is 0 Å². The van der Waals surface area contributed by atoms with Crippen LogP contribution in [-0.2, 0) is 0 Å². The van der Waals surface area contributed by atoms with Crippen LogP contribution in [0.1, 0.15) is 31.7 Å². The van der Waals surface area contributed by atoms with Crippen LogP contribution in [0.25, 0.3) is 0 Å². The number of unbranched alkanes of at least 4 members (excludes halogenated alkanes) is 2. The van der Waals surface area contributed by atoms with E-state index in [4.69, 9.17) is 10.5 Å². The first-order valence-electron chi connectivity index (χ1n) is 5.09. The molecule has 0 bridgehead atoms. The van der Waals surface area contributed by atoms with Crippen molar-refractivity contribution in [2.24, 2.45) is 0 Å². The van der Waals surface area contributed by atoms with E-state index in [1.165, 1.54) is 12.8 Å². The summed E-state index contributed by atoms with van der Waals surface area (Å²) in [6, 6.07) is 1.88. The van der Waals surface area contributed by atoms with Crippen molar-refractivity contribution in [1.82, 2.24) is 4.98 Å². The third-order valence-electron chi connectivity index (χ3n) is 2.12. The standard InChI is InChI=1S/C11H18N2O/c1-3-4-5-6-14-11-7-9(2)10(12)8-13-11/h7-8H,3-6,12H2,1-2H3. The fourth-order valence-electron chi connectivity index (χ4n) is 1.15. The maximum Gasteiger partial charge on any atom is 0.213 e. The van der Waals surface area contributed by atoms with Gasteiger partial charge in [0.15, 0.2) is 0 Å². The number of nitrogen functional groups attached to an aromatic ring is 1. The molecule has 0 saturated heterocycles. The summed E-state index contributed by atoms with van der Waals surface area (Å²) in [5.41, 5.74) is 7.38. The number of ether oxygens (including phenoxy) is 1. The predicted molar refractivity (Wildman–Crippen MR) is 58.4 cm³/mol. The Bertz CT molecular complexity index is 287. The lowest BCUT2D eigenvalue weighted by atomic mass is 10.2. The number of aryl methyl sites for hydroxylation is 1. The Morgan fingerprint density at radius 3 is 2.86 bits per heavy atom. The van der Waals surface area contributed by atoms with Crippen molar-refractivity contribution in [3.8, 4) is 5.88 Å². The average Bonchev–Trinajstić information content (AvgIpc) is 2.18. The summed E-state index contributed by atoms with van der Waals surface area (Å²) >= 11 is 0. The SMILES string of the molecule is CCCCCOc1cc(C)c(N)cn1. The van der Waals surface area contributed by atoms with E-state index in [0.717, 1.165) is 18.6 Å². The Hall–Kier alpha value is -1.25. The number of rotatable bonds is 5. The van der Waals surface area contributed by atoms with Crippen molar-refractivity contribution >= 4 is 5.69 Å². The van der Waals surface area contributed by atoms with Crippen molar-refractivity contribution in [3.05, 3.63) is 17.8 Å². The number of nitrogens with two attached hydrogens (primary N) is 1. The van der Waals surface area contributed by atoms with Crippen LogP contribution >= 0.6 is 0 Å². The minimum absolute atomic E-state index is 0.674. The Kier molecular flexibility index (Phi) is 4.23. The van der Waals surface area contributed by atoms with Gasteiger partial charge in [-0.15, -0.1) is 0 Å². The molecule has 0 unspecified atom stereocenters. The normalized spacial score (nSPS) is 10.1. The molecular weight excluding hydrogens is 176 g/mol. The van der Waals surface area contributed by atoms with Crippen LogP contribution in [0.4, 0.5) is 5.69 Å². The molecule has 0 amide bonds. The molecule has 0 saturated carbocycles. The van der Waals surface area contributed by atoms with Crippen molar-refractivity contribution in [2.75, 3.05) is 12.3 Å². The lowest BCUT2D eigenvalue weighted by Gasteiger charge is -2.06. The van der Waals surface area contributed by atoms with E-state index in [1.54, 1.807) is 6.20 Å². The van der Waals surface area contributed by atoms with Crippen molar-refractivity contribution in [1.29, 1.82) is 0 Å². The van der Waals surface area contributed by atoms with E-state index in [1.807, 2.05) is 13.0 Å². The molecule has 1 rings (SSSR count). The second kappa shape index (κ2) is 5.47. The fourth-order valence-corrected chi connectivity index (χ4v) is 1.15. The fraction of sp³-hybridized carbons (Fsp3) is 0.545. The monoisotopic (exact) mass is 194 g/mol. The molecule has 78 valence electrons. The second-order valence-electron chi connectivity index (χ2n) is 3.43. The molecule has 0 radical (unpaired) electrons. The highest BCUT2D eigenvalue weighted by Crippen LogP contribution is 2.15. The second-order valence-corrected chi connectivity index (χ2v) is 3.43. The molecular formula is C11H18N2O. The number of pyridine rings is 1. The minimum Gasteiger partial charge on any atom is -0.478 e. The van der Waals surface area contributed by atoms with Crippen LogP contribution in [0.15, 0.2) is 12.3 Å². The third-order valence-corrected chi connectivity index (χ3v) is 2.12. The van der Waals surface area contributed by atoms with Gasteiger partial charge in [0.2, 0.25) is 5.88 Å². The van der Waals surface area contributed by atoms with E-state index < -0.39 is 0 Å². The maximum absolute atomic E-state index is 5.65. The first-order valence-corrected chi connectivity index (χ1v) is 5.09. The van der Waals surface area contributed by atoms with Crippen LogP contribution in [-0.4, -0.2) is 11.6 Å². The molecule has 1 aromatic heterocycles. The Morgan fingerprint density at radius 1 is 1.43 bits per heavy atom. The van der Waals surface area contributed by atoms with Gasteiger partial charge in [-0.1, -0.05) is 19.8 Å². The quantitative estimate of drug-likeness (QED) is 0.733. The molecule has 3 nitrogen and oxygen atoms in total. The summed E-state index contributed by atoms with van der Waals surface area (Å²) in [4.78, 5) is 4.09. The highest BCUT2D eigenvalue weighted by Gasteiger charge is 1.98. The van der Waals surface area contributed by atoms with E-state index in [9.17, 15) is 0 Å². The van der Waals surface area contributed by atoms with Crippen molar-refractivity contribution < 1.29 is 4.74 Å². The van der Waals surface area contributed by atoms with Crippen molar-refractivity contribution in [2.45, 2.75) is 33.1 Å². The van der Waals surface area contributed by atoms with Gasteiger partial charge in [0.05, 0.1) is 18.5 Å². The predicted octanol–water partition coefficient (Wildman–Crippen LogP) is 2.54. The number of nitrogens with zero attached hydrogens (tertiary/aromatic N) is 1. The molecule has 0 aliphatic heterocycles. The zero-order chi connectivity index (χ0) is 10.4. The summed E-state index contributed by atoms with van der Waals surface area (Å²) in [6.45, 7) is 4.87. The van der Waals surface area contributed by atoms with Crippen LogP contribution in [0.2, 0.25) is 0 Å². The van der Waals surface area contributed by atoms with Gasteiger partial charge in [0.1, 0.15) is 0 Å². The Morgan fingerprint density at radius 2 is 2.21 bits per heavy atom. The van der Waals surface area contributed by atoms with E-state index in [-0.39, 0.29) is 0 Å². The molecule has 2 N–H and O–H groups in total. The number of anilines is 1. The lowest BCUT2D eigenvalue weighted by Crippen LogP contribution is -2.00. The van der Waals surface area contributed by atoms with Gasteiger partial charge < -0.3 is 10.5 Å². The highest BCUT2D eigenvalue weighted by molar-refractivity contribution is 5.45. The molecule has 0 aliphatic rings. The Balaban J connectivity index is 2.39. The smallest absolute Gasteiger partial charge is 0.213 e. The van der Waals surface area contributed by atoms with Crippen LogP contribution in [0, 0.1) is 6.92 Å². The molecule has 14 heavy (non-hydrogen) atoms. The molecule has 0 aromatic carbocycles. The zero-order valence-corrected chi connectivity index (χ0v) is 8.92. The molecule has 0 aliphatic carbocycles. The lowest BCUT2D eigenvalue weighted by molar-refractivity contribution is 0.295. The van der Waals surface area contributed by atoms with E-state index in [2.05, 4.69) is 11.9 Å². The summed E-state index contributed by atoms with van der Waals surface area (Å²) in [6.07, 6.45) is 5.14. The molecule has 1 aromatic rings. The number of hydrogen-bond acceptors (Lipinski definition) is 3. The number of aromatic nitrogens is 1. The van der Waals surface area contributed by atoms with Crippen LogP contribution < -0.4 is 10.5 Å². The van der Waals surface area contributed by atoms with Crippen molar-refractivity contribution in [3.63, 3.8) is 0 Å². The number of hydrogen-bond donors (Lipinski definition) is 1. The highest BCUT2D eigenvalue weighted by atomic mass is 16.5. The third kappa shape index (κ3) is 3.24. The summed E-state index contributed by atoms with van der Waals surface area (Å²) in [5.74, 6) is 0.674. The summed E-state index contributed by atoms with van der Waals surface area (Å²) < 4.78 is 5.48. The first kappa shape index (κ1) is 10.8. The van der Waals surface area contributed by atoms with Gasteiger partial charge >= 0.3 is 0 Å². The summed E-state index contributed by atoms with van der Waals surface area (Å²) in [5, 5.41) is 0. The Labute approximate surface area is 85.3 Å². The molecule has 0 fully saturated rings. The van der Waals surface area contributed by atoms with E-state index >= 15 is 0 Å². The van der Waals surface area contributed by atoms with Gasteiger partial charge in [0, 0.05) is 6.07 Å². The van der Waals surface area contributed by atoms with Gasteiger partial charge in [-0.2, -0.15) is 0 Å². The maximum atomic E-state index is 5.65. The van der Waals surface area contributed by atoms with Crippen LogP contribution in [0.5, 0.6) is 5.88 Å². The van der Waals surface area contributed by atoms with Crippen LogP contribution in [0.3, 0.4) is 0 Å². The molecule has 1 heterocycles. The largest absolute Gasteiger partial charge is 0.478 e. The van der Waals surface area contributed by atoms with E-state index in [0.29, 0.717) is 11.6 Å². The average molecular weight is 194 g/mol. The van der Waals surface area contributed by atoms with Gasteiger partial charge in [-0.05, 0) is 18.9 Å². The zero-order valence-electron chi connectivity index (χ0n) is 8.92. The topological polar surface area (TPSA) is 48.1 Å². The minimum atomic E-state index is 0.674. The summed E-state index contributed by atoms with van der Waals surface area (Å²) in [7, 11) is 0. The van der Waals surface area contributed by atoms with Gasteiger partial charge in [-0.3, -0.25) is 0 Å².